The highest BCUT2D eigenvalue weighted by Crippen LogP contribution is 2.28. The fraction of sp³-hybridized carbons (Fsp3) is 0.400. The predicted molar refractivity (Wildman–Crippen MR) is 55.0 cm³/mol. The predicted octanol–water partition coefficient (Wildman–Crippen LogP) is 1.47. The molecule has 1 aliphatic heterocycles. The molecule has 1 aromatic rings. The van der Waals surface area contributed by atoms with Crippen LogP contribution in [0.5, 0.6) is 5.75 Å². The van der Waals surface area contributed by atoms with Crippen LogP contribution >= 0.6 is 0 Å². The SMILES string of the molecule is CC1(Oc2cc([N+](=O)[O-])ccc2F)CNC1. The van der Waals surface area contributed by atoms with Gasteiger partial charge in [0.05, 0.1) is 11.0 Å². The molecule has 1 aliphatic rings. The first kappa shape index (κ1) is 10.8. The van der Waals surface area contributed by atoms with Gasteiger partial charge in [-0.2, -0.15) is 0 Å². The van der Waals surface area contributed by atoms with Gasteiger partial charge in [0, 0.05) is 19.2 Å². The first-order valence-corrected chi connectivity index (χ1v) is 4.84. The van der Waals surface area contributed by atoms with Crippen molar-refractivity contribution in [2.45, 2.75) is 12.5 Å². The van der Waals surface area contributed by atoms with E-state index in [9.17, 15) is 14.5 Å². The summed E-state index contributed by atoms with van der Waals surface area (Å²) in [5, 5.41) is 13.5. The Kier molecular flexibility index (Phi) is 2.51. The van der Waals surface area contributed by atoms with Crippen LogP contribution in [0.25, 0.3) is 0 Å². The molecule has 1 fully saturated rings. The van der Waals surface area contributed by atoms with Gasteiger partial charge in [0.15, 0.2) is 11.6 Å². The van der Waals surface area contributed by atoms with Crippen molar-refractivity contribution < 1.29 is 14.1 Å². The van der Waals surface area contributed by atoms with E-state index in [2.05, 4.69) is 5.32 Å². The maximum Gasteiger partial charge on any atom is 0.273 e. The molecule has 1 saturated heterocycles. The summed E-state index contributed by atoms with van der Waals surface area (Å²) in [5.41, 5.74) is -0.650. The lowest BCUT2D eigenvalue weighted by Gasteiger charge is -2.39. The van der Waals surface area contributed by atoms with E-state index in [4.69, 9.17) is 4.74 Å². The van der Waals surface area contributed by atoms with Gasteiger partial charge < -0.3 is 10.1 Å². The minimum atomic E-state index is -0.585. The number of non-ortho nitro benzene ring substituents is 1. The highest BCUT2D eigenvalue weighted by atomic mass is 19.1. The van der Waals surface area contributed by atoms with E-state index >= 15 is 0 Å². The highest BCUT2D eigenvalue weighted by Gasteiger charge is 2.34. The number of rotatable bonds is 3. The monoisotopic (exact) mass is 226 g/mol. The number of nitrogens with one attached hydrogen (secondary N) is 1. The maximum atomic E-state index is 13.4. The van der Waals surface area contributed by atoms with Gasteiger partial charge in [0.25, 0.3) is 5.69 Å². The van der Waals surface area contributed by atoms with Gasteiger partial charge >= 0.3 is 0 Å². The van der Waals surface area contributed by atoms with Gasteiger partial charge in [-0.1, -0.05) is 0 Å². The number of ether oxygens (including phenoxy) is 1. The van der Waals surface area contributed by atoms with Crippen molar-refractivity contribution in [1.82, 2.24) is 5.32 Å². The van der Waals surface area contributed by atoms with E-state index in [1.807, 2.05) is 6.92 Å². The van der Waals surface area contributed by atoms with Crippen molar-refractivity contribution in [2.75, 3.05) is 13.1 Å². The fourth-order valence-corrected chi connectivity index (χ4v) is 1.50. The van der Waals surface area contributed by atoms with Gasteiger partial charge in [-0.05, 0) is 13.0 Å². The minimum Gasteiger partial charge on any atom is -0.482 e. The second kappa shape index (κ2) is 3.71. The van der Waals surface area contributed by atoms with Crippen molar-refractivity contribution in [1.29, 1.82) is 0 Å². The van der Waals surface area contributed by atoms with Crippen molar-refractivity contribution in [3.8, 4) is 5.75 Å². The molecule has 0 saturated carbocycles. The van der Waals surface area contributed by atoms with Crippen LogP contribution in [-0.2, 0) is 0 Å². The Morgan fingerprint density at radius 1 is 1.56 bits per heavy atom. The lowest BCUT2D eigenvalue weighted by atomic mass is 10.00. The maximum absolute atomic E-state index is 13.4. The average molecular weight is 226 g/mol. The number of halogens is 1. The molecule has 0 amide bonds. The third-order valence-corrected chi connectivity index (χ3v) is 2.48. The van der Waals surface area contributed by atoms with Crippen LogP contribution in [0.1, 0.15) is 6.92 Å². The zero-order valence-electron chi connectivity index (χ0n) is 8.70. The number of hydrogen-bond donors (Lipinski definition) is 1. The highest BCUT2D eigenvalue weighted by molar-refractivity contribution is 5.39. The standard InChI is InChI=1S/C10H11FN2O3/c1-10(5-12-6-10)16-9-4-7(13(14)15)2-3-8(9)11/h2-4,12H,5-6H2,1H3. The van der Waals surface area contributed by atoms with Crippen LogP contribution < -0.4 is 10.1 Å². The Balaban J connectivity index is 2.25. The molecule has 0 aromatic heterocycles. The Bertz CT molecular complexity index is 432. The van der Waals surface area contributed by atoms with E-state index in [0.717, 1.165) is 18.2 Å². The van der Waals surface area contributed by atoms with E-state index in [1.54, 1.807) is 0 Å². The molecular formula is C10H11FN2O3. The van der Waals surface area contributed by atoms with Gasteiger partial charge in [-0.3, -0.25) is 10.1 Å². The number of nitro benzene ring substituents is 1. The lowest BCUT2D eigenvalue weighted by Crippen LogP contribution is -2.61. The summed E-state index contributed by atoms with van der Waals surface area (Å²) in [5.74, 6) is -0.656. The van der Waals surface area contributed by atoms with Gasteiger partial charge in [0.2, 0.25) is 0 Å². The Morgan fingerprint density at radius 2 is 2.25 bits per heavy atom. The van der Waals surface area contributed by atoms with Crippen LogP contribution in [0.3, 0.4) is 0 Å². The molecule has 0 atom stereocenters. The van der Waals surface area contributed by atoms with Gasteiger partial charge in [-0.25, -0.2) is 4.39 Å². The summed E-state index contributed by atoms with van der Waals surface area (Å²) in [6.45, 7) is 3.03. The third-order valence-electron chi connectivity index (χ3n) is 2.48. The summed E-state index contributed by atoms with van der Waals surface area (Å²) in [7, 11) is 0. The van der Waals surface area contributed by atoms with Gasteiger partial charge in [0.1, 0.15) is 5.60 Å². The smallest absolute Gasteiger partial charge is 0.273 e. The number of nitro groups is 1. The summed E-state index contributed by atoms with van der Waals surface area (Å²) >= 11 is 0. The molecule has 2 rings (SSSR count). The van der Waals surface area contributed by atoms with Crippen LogP contribution in [0.15, 0.2) is 18.2 Å². The zero-order chi connectivity index (χ0) is 11.8. The Labute approximate surface area is 91.4 Å². The third kappa shape index (κ3) is 1.96. The van der Waals surface area contributed by atoms with Crippen LogP contribution in [0.2, 0.25) is 0 Å². The van der Waals surface area contributed by atoms with Crippen molar-refractivity contribution >= 4 is 5.69 Å². The summed E-state index contributed by atoms with van der Waals surface area (Å²) < 4.78 is 18.8. The molecule has 1 heterocycles. The zero-order valence-corrected chi connectivity index (χ0v) is 8.70. The Hall–Kier alpha value is -1.69. The van der Waals surface area contributed by atoms with Crippen LogP contribution in [0.4, 0.5) is 10.1 Å². The number of nitrogens with zero attached hydrogens (tertiary/aromatic N) is 1. The molecule has 1 N–H and O–H groups in total. The van der Waals surface area contributed by atoms with E-state index in [-0.39, 0.29) is 11.4 Å². The topological polar surface area (TPSA) is 64.4 Å². The van der Waals surface area contributed by atoms with Crippen molar-refractivity contribution in [2.24, 2.45) is 0 Å². The normalized spacial score (nSPS) is 17.6. The first-order valence-electron chi connectivity index (χ1n) is 4.84. The van der Waals surface area contributed by atoms with E-state index < -0.39 is 16.3 Å². The second-order valence-electron chi connectivity index (χ2n) is 4.03. The van der Waals surface area contributed by atoms with Crippen molar-refractivity contribution in [3.05, 3.63) is 34.1 Å². The lowest BCUT2D eigenvalue weighted by molar-refractivity contribution is -0.385. The van der Waals surface area contributed by atoms with E-state index in [1.165, 1.54) is 0 Å². The molecule has 5 nitrogen and oxygen atoms in total. The number of benzene rings is 1. The molecule has 0 aliphatic carbocycles. The Morgan fingerprint density at radius 3 is 2.75 bits per heavy atom. The van der Waals surface area contributed by atoms with Crippen LogP contribution in [-0.4, -0.2) is 23.6 Å². The molecule has 0 radical (unpaired) electrons. The summed E-state index contributed by atoms with van der Waals surface area (Å²) in [4.78, 5) is 9.95. The van der Waals surface area contributed by atoms with E-state index in [0.29, 0.717) is 13.1 Å². The molecule has 6 heteroatoms. The molecule has 1 aromatic carbocycles. The second-order valence-corrected chi connectivity index (χ2v) is 4.03. The molecule has 0 unspecified atom stereocenters. The number of hydrogen-bond acceptors (Lipinski definition) is 4. The molecule has 86 valence electrons. The summed E-state index contributed by atoms with van der Waals surface area (Å²) in [6, 6.07) is 3.27. The quantitative estimate of drug-likeness (QED) is 0.626. The van der Waals surface area contributed by atoms with Crippen LogP contribution in [0, 0.1) is 15.9 Å². The average Bonchev–Trinajstić information content (AvgIpc) is 2.18. The largest absolute Gasteiger partial charge is 0.482 e. The molecule has 0 spiro atoms. The van der Waals surface area contributed by atoms with Crippen molar-refractivity contribution in [3.63, 3.8) is 0 Å². The summed E-state index contributed by atoms with van der Waals surface area (Å²) in [6.07, 6.45) is 0. The molecule has 16 heavy (non-hydrogen) atoms. The molecular weight excluding hydrogens is 215 g/mol. The molecule has 0 bridgehead atoms. The fourth-order valence-electron chi connectivity index (χ4n) is 1.50. The van der Waals surface area contributed by atoms with Gasteiger partial charge in [-0.15, -0.1) is 0 Å². The minimum absolute atomic E-state index is 0.0711. The first-order chi connectivity index (χ1) is 7.50.